The van der Waals surface area contributed by atoms with Gasteiger partial charge in [0.2, 0.25) is 5.91 Å². The molecule has 0 aromatic carbocycles. The van der Waals surface area contributed by atoms with Gasteiger partial charge in [-0.05, 0) is 12.8 Å². The molecule has 0 aromatic rings. The van der Waals surface area contributed by atoms with Gasteiger partial charge in [-0.1, -0.05) is 6.92 Å². The first-order valence-corrected chi connectivity index (χ1v) is 5.85. The van der Waals surface area contributed by atoms with Gasteiger partial charge in [0.05, 0.1) is 12.3 Å². The maximum atomic E-state index is 11.1. The lowest BCUT2D eigenvalue weighted by molar-refractivity contribution is -0.149. The van der Waals surface area contributed by atoms with Crippen LogP contribution in [0.15, 0.2) is 0 Å². The van der Waals surface area contributed by atoms with E-state index in [0.717, 1.165) is 5.06 Å². The van der Waals surface area contributed by atoms with Crippen molar-refractivity contribution in [2.75, 3.05) is 12.3 Å². The summed E-state index contributed by atoms with van der Waals surface area (Å²) < 4.78 is 26.8. The monoisotopic (exact) mass is 207 g/mol. The second-order valence-corrected chi connectivity index (χ2v) is 4.61. The summed E-state index contributed by atoms with van der Waals surface area (Å²) >= 11 is 0. The van der Waals surface area contributed by atoms with Crippen molar-refractivity contribution >= 4 is 16.0 Å². The average Bonchev–Trinajstić information content (AvgIpc) is 2.35. The summed E-state index contributed by atoms with van der Waals surface area (Å²) in [5, 5.41) is 0.936. The number of hydrogen-bond donors (Lipinski definition) is 0. The third kappa shape index (κ3) is 2.96. The van der Waals surface area contributed by atoms with Crippen molar-refractivity contribution in [1.29, 1.82) is 0 Å². The molecule has 0 N–H and O–H groups in total. The van der Waals surface area contributed by atoms with E-state index in [1.165, 1.54) is 0 Å². The molecule has 1 aliphatic rings. The molecule has 0 aromatic heterocycles. The molecule has 0 aliphatic carbocycles. The molecule has 13 heavy (non-hydrogen) atoms. The second kappa shape index (κ2) is 4.06. The Kier molecular flexibility index (Phi) is 3.27. The topological polar surface area (TPSA) is 63.7 Å². The Labute approximate surface area is 77.7 Å². The van der Waals surface area contributed by atoms with Crippen LogP contribution in [0.25, 0.3) is 0 Å². The summed E-state index contributed by atoms with van der Waals surface area (Å²) in [5.41, 5.74) is 0. The first-order valence-electron chi connectivity index (χ1n) is 4.28. The lowest BCUT2D eigenvalue weighted by Crippen LogP contribution is -2.29. The van der Waals surface area contributed by atoms with Crippen LogP contribution in [0.4, 0.5) is 0 Å². The van der Waals surface area contributed by atoms with Gasteiger partial charge in [-0.15, -0.1) is 4.28 Å². The second-order valence-electron chi connectivity index (χ2n) is 2.94. The summed E-state index contributed by atoms with van der Waals surface area (Å²) in [7, 11) is -3.54. The smallest absolute Gasteiger partial charge is 0.273 e. The van der Waals surface area contributed by atoms with Gasteiger partial charge in [-0.25, -0.2) is 5.06 Å². The number of rotatable bonds is 4. The molecule has 0 atom stereocenters. The van der Waals surface area contributed by atoms with Gasteiger partial charge in [0, 0.05) is 6.42 Å². The first kappa shape index (κ1) is 10.5. The minimum absolute atomic E-state index is 0.0449. The SMILES string of the molecule is CCCS(=O)(=O)ON1CCCC1=O. The van der Waals surface area contributed by atoms with E-state index in [1.54, 1.807) is 6.92 Å². The van der Waals surface area contributed by atoms with Crippen molar-refractivity contribution in [3.63, 3.8) is 0 Å². The van der Waals surface area contributed by atoms with Crippen LogP contribution in [-0.2, 0) is 19.2 Å². The standard InChI is InChI=1S/C7H13NO4S/c1-2-6-13(10,11)12-8-5-3-4-7(8)9/h2-6H2,1H3. The van der Waals surface area contributed by atoms with Gasteiger partial charge in [0.15, 0.2) is 0 Å². The highest BCUT2D eigenvalue weighted by molar-refractivity contribution is 7.86. The van der Waals surface area contributed by atoms with E-state index in [1.807, 2.05) is 0 Å². The third-order valence-corrected chi connectivity index (χ3v) is 3.00. The Morgan fingerprint density at radius 2 is 2.23 bits per heavy atom. The number of hydroxylamine groups is 2. The lowest BCUT2D eigenvalue weighted by Gasteiger charge is -2.13. The highest BCUT2D eigenvalue weighted by atomic mass is 32.2. The highest BCUT2D eigenvalue weighted by Gasteiger charge is 2.26. The van der Waals surface area contributed by atoms with Crippen molar-refractivity contribution < 1.29 is 17.5 Å². The van der Waals surface area contributed by atoms with Crippen LogP contribution in [0.3, 0.4) is 0 Å². The van der Waals surface area contributed by atoms with E-state index in [9.17, 15) is 13.2 Å². The van der Waals surface area contributed by atoms with E-state index in [2.05, 4.69) is 4.28 Å². The van der Waals surface area contributed by atoms with Crippen LogP contribution in [0.5, 0.6) is 0 Å². The zero-order chi connectivity index (χ0) is 9.90. The minimum atomic E-state index is -3.54. The molecule has 6 heteroatoms. The highest BCUT2D eigenvalue weighted by Crippen LogP contribution is 2.12. The zero-order valence-corrected chi connectivity index (χ0v) is 8.34. The Morgan fingerprint density at radius 3 is 2.69 bits per heavy atom. The van der Waals surface area contributed by atoms with Crippen LogP contribution >= 0.6 is 0 Å². The van der Waals surface area contributed by atoms with Gasteiger partial charge in [-0.2, -0.15) is 8.42 Å². The summed E-state index contributed by atoms with van der Waals surface area (Å²) in [6, 6.07) is 0. The molecule has 1 saturated heterocycles. The van der Waals surface area contributed by atoms with Crippen LogP contribution in [0, 0.1) is 0 Å². The maximum absolute atomic E-state index is 11.1. The number of amides is 1. The minimum Gasteiger partial charge on any atom is -0.273 e. The normalized spacial score (nSPS) is 18.2. The predicted octanol–water partition coefficient (Wildman–Crippen LogP) is 0.280. The Bertz CT molecular complexity index is 285. The first-order chi connectivity index (χ1) is 6.05. The number of carbonyl (C=O) groups is 1. The fourth-order valence-corrected chi connectivity index (χ4v) is 2.13. The van der Waals surface area contributed by atoms with E-state index in [-0.39, 0.29) is 11.7 Å². The van der Waals surface area contributed by atoms with Gasteiger partial charge in [0.1, 0.15) is 0 Å². The fraction of sp³-hybridized carbons (Fsp3) is 0.857. The molecule has 1 heterocycles. The molecular weight excluding hydrogens is 194 g/mol. The number of hydrogen-bond acceptors (Lipinski definition) is 4. The molecule has 0 spiro atoms. The van der Waals surface area contributed by atoms with Crippen LogP contribution in [-0.4, -0.2) is 31.7 Å². The van der Waals surface area contributed by atoms with Crippen LogP contribution in [0.1, 0.15) is 26.2 Å². The fourth-order valence-electron chi connectivity index (χ4n) is 1.13. The average molecular weight is 207 g/mol. The zero-order valence-electron chi connectivity index (χ0n) is 7.52. The van der Waals surface area contributed by atoms with Crippen molar-refractivity contribution in [3.05, 3.63) is 0 Å². The number of nitrogens with zero attached hydrogens (tertiary/aromatic N) is 1. The van der Waals surface area contributed by atoms with Crippen molar-refractivity contribution in [1.82, 2.24) is 5.06 Å². The van der Waals surface area contributed by atoms with Crippen molar-refractivity contribution in [2.24, 2.45) is 0 Å². The molecule has 1 aliphatic heterocycles. The summed E-state index contributed by atoms with van der Waals surface area (Å²) in [4.78, 5) is 11.0. The van der Waals surface area contributed by atoms with Gasteiger partial charge in [-0.3, -0.25) is 4.79 Å². The molecule has 0 bridgehead atoms. The quantitative estimate of drug-likeness (QED) is 0.664. The molecule has 1 amide bonds. The van der Waals surface area contributed by atoms with Crippen molar-refractivity contribution in [3.8, 4) is 0 Å². The van der Waals surface area contributed by atoms with E-state index >= 15 is 0 Å². The molecule has 76 valence electrons. The lowest BCUT2D eigenvalue weighted by atomic mass is 10.4. The van der Waals surface area contributed by atoms with E-state index < -0.39 is 10.1 Å². The van der Waals surface area contributed by atoms with Crippen LogP contribution < -0.4 is 0 Å². The maximum Gasteiger partial charge on any atom is 0.288 e. The third-order valence-electron chi connectivity index (χ3n) is 1.69. The van der Waals surface area contributed by atoms with Crippen molar-refractivity contribution in [2.45, 2.75) is 26.2 Å². The summed E-state index contributed by atoms with van der Waals surface area (Å²) in [6.45, 7) is 2.12. The van der Waals surface area contributed by atoms with E-state index in [0.29, 0.717) is 25.8 Å². The molecule has 0 radical (unpaired) electrons. The Hall–Kier alpha value is -0.620. The molecular formula is C7H13NO4S. The van der Waals surface area contributed by atoms with Gasteiger partial charge in [0.25, 0.3) is 10.1 Å². The van der Waals surface area contributed by atoms with E-state index in [4.69, 9.17) is 0 Å². The van der Waals surface area contributed by atoms with Gasteiger partial charge >= 0.3 is 0 Å². The Morgan fingerprint density at radius 1 is 1.54 bits per heavy atom. The molecule has 0 saturated carbocycles. The number of carbonyl (C=O) groups excluding carboxylic acids is 1. The van der Waals surface area contributed by atoms with Crippen LogP contribution in [0.2, 0.25) is 0 Å². The largest absolute Gasteiger partial charge is 0.288 e. The Balaban J connectivity index is 2.52. The molecule has 1 rings (SSSR count). The molecule has 5 nitrogen and oxygen atoms in total. The van der Waals surface area contributed by atoms with Gasteiger partial charge < -0.3 is 0 Å². The predicted molar refractivity (Wildman–Crippen MR) is 46.1 cm³/mol. The summed E-state index contributed by atoms with van der Waals surface area (Å²) in [6.07, 6.45) is 1.53. The summed E-state index contributed by atoms with van der Waals surface area (Å²) in [5.74, 6) is -0.295. The molecule has 0 unspecified atom stereocenters. The molecule has 1 fully saturated rings.